The number of hydrogen-bond donors (Lipinski definition) is 0. The molecule has 0 aromatic rings. The zero-order valence-corrected chi connectivity index (χ0v) is 11.4. The first-order valence-corrected chi connectivity index (χ1v) is 5.89. The minimum atomic E-state index is 0.288. The average Bonchev–Trinajstić information content (AvgIpc) is 2.00. The molecule has 2 unspecified atom stereocenters. The van der Waals surface area contributed by atoms with E-state index in [0.29, 0.717) is 6.04 Å². The number of hydrogen-bond acceptors (Lipinski definition) is 1. The summed E-state index contributed by atoms with van der Waals surface area (Å²) in [5, 5.41) is 0. The Balaban J connectivity index is 4.15. The molecule has 0 aliphatic heterocycles. The van der Waals surface area contributed by atoms with E-state index in [1.54, 1.807) is 0 Å². The number of nitrogens with zero attached hydrogens (tertiary/aromatic N) is 1. The Morgan fingerprint density at radius 1 is 1.00 bits per heavy atom. The maximum absolute atomic E-state index is 2.48. The molecule has 2 atom stereocenters. The molecular weight excluding hydrogens is 170 g/mol. The zero-order chi connectivity index (χ0) is 11.5. The van der Waals surface area contributed by atoms with E-state index < -0.39 is 0 Å². The minimum absolute atomic E-state index is 0.288. The van der Waals surface area contributed by atoms with Gasteiger partial charge in [0.05, 0.1) is 0 Å². The van der Waals surface area contributed by atoms with Crippen LogP contribution in [0.25, 0.3) is 0 Å². The highest BCUT2D eigenvalue weighted by molar-refractivity contribution is 4.79. The van der Waals surface area contributed by atoms with Crippen molar-refractivity contribution >= 4 is 0 Å². The fourth-order valence-corrected chi connectivity index (χ4v) is 1.63. The first-order chi connectivity index (χ1) is 6.16. The van der Waals surface area contributed by atoms with Crippen LogP contribution in [0, 0.1) is 11.8 Å². The van der Waals surface area contributed by atoms with Crippen molar-refractivity contribution in [2.45, 2.75) is 66.5 Å². The average molecular weight is 199 g/mol. The van der Waals surface area contributed by atoms with Gasteiger partial charge in [0.2, 0.25) is 0 Å². The van der Waals surface area contributed by atoms with Crippen LogP contribution in [-0.2, 0) is 0 Å². The molecule has 0 aliphatic carbocycles. The van der Waals surface area contributed by atoms with Crippen molar-refractivity contribution in [1.29, 1.82) is 0 Å². The summed E-state index contributed by atoms with van der Waals surface area (Å²) in [5.74, 6) is 1.61. The smallest absolute Gasteiger partial charge is 0.0124 e. The molecule has 0 heterocycles. The van der Waals surface area contributed by atoms with Crippen molar-refractivity contribution < 1.29 is 0 Å². The van der Waals surface area contributed by atoms with Crippen LogP contribution in [0.1, 0.15) is 54.9 Å². The topological polar surface area (TPSA) is 3.24 Å². The molecule has 0 aromatic heterocycles. The molecule has 0 saturated carbocycles. The van der Waals surface area contributed by atoms with Crippen LogP contribution in [-0.4, -0.2) is 23.5 Å². The normalized spacial score (nSPS) is 17.6. The monoisotopic (exact) mass is 199 g/mol. The van der Waals surface area contributed by atoms with Crippen LogP contribution in [0.15, 0.2) is 0 Å². The van der Waals surface area contributed by atoms with Crippen LogP contribution in [0.3, 0.4) is 0 Å². The third-order valence-corrected chi connectivity index (χ3v) is 3.57. The Morgan fingerprint density at radius 3 is 1.71 bits per heavy atom. The van der Waals surface area contributed by atoms with Crippen molar-refractivity contribution in [3.8, 4) is 0 Å². The fraction of sp³-hybridized carbons (Fsp3) is 1.00. The molecule has 1 nitrogen and oxygen atoms in total. The van der Waals surface area contributed by atoms with E-state index in [2.05, 4.69) is 60.4 Å². The molecule has 14 heavy (non-hydrogen) atoms. The summed E-state index contributed by atoms with van der Waals surface area (Å²) in [6.07, 6.45) is 1.30. The van der Waals surface area contributed by atoms with Crippen molar-refractivity contribution in [2.75, 3.05) is 7.05 Å². The first kappa shape index (κ1) is 14.0. The molecule has 86 valence electrons. The minimum Gasteiger partial charge on any atom is -0.299 e. The largest absolute Gasteiger partial charge is 0.299 e. The molecular formula is C13H29N. The van der Waals surface area contributed by atoms with Gasteiger partial charge in [0.15, 0.2) is 0 Å². The van der Waals surface area contributed by atoms with E-state index in [1.165, 1.54) is 6.42 Å². The zero-order valence-electron chi connectivity index (χ0n) is 11.4. The van der Waals surface area contributed by atoms with Crippen LogP contribution < -0.4 is 0 Å². The summed E-state index contributed by atoms with van der Waals surface area (Å²) in [5.41, 5.74) is 0.288. The van der Waals surface area contributed by atoms with Gasteiger partial charge in [0.1, 0.15) is 0 Å². The first-order valence-electron chi connectivity index (χ1n) is 5.89. The van der Waals surface area contributed by atoms with Crippen molar-refractivity contribution in [3.05, 3.63) is 0 Å². The molecule has 0 rings (SSSR count). The van der Waals surface area contributed by atoms with Gasteiger partial charge >= 0.3 is 0 Å². The van der Waals surface area contributed by atoms with E-state index in [9.17, 15) is 0 Å². The second kappa shape index (κ2) is 5.16. The van der Waals surface area contributed by atoms with Crippen molar-refractivity contribution in [1.82, 2.24) is 4.90 Å². The van der Waals surface area contributed by atoms with Crippen LogP contribution >= 0.6 is 0 Å². The van der Waals surface area contributed by atoms with Gasteiger partial charge in [-0.05, 0) is 53.0 Å². The van der Waals surface area contributed by atoms with E-state index >= 15 is 0 Å². The van der Waals surface area contributed by atoms with Crippen molar-refractivity contribution in [2.24, 2.45) is 11.8 Å². The van der Waals surface area contributed by atoms with Crippen LogP contribution in [0.2, 0.25) is 0 Å². The summed E-state index contributed by atoms with van der Waals surface area (Å²) in [7, 11) is 2.23. The summed E-state index contributed by atoms with van der Waals surface area (Å²) in [6, 6.07) is 0.674. The van der Waals surface area contributed by atoms with Gasteiger partial charge in [0, 0.05) is 11.6 Å². The van der Waals surface area contributed by atoms with Gasteiger partial charge in [-0.15, -0.1) is 0 Å². The van der Waals surface area contributed by atoms with Gasteiger partial charge in [0.25, 0.3) is 0 Å². The molecule has 0 saturated heterocycles. The fourth-order valence-electron chi connectivity index (χ4n) is 1.63. The molecule has 1 heteroatoms. The van der Waals surface area contributed by atoms with E-state index in [0.717, 1.165) is 11.8 Å². The van der Waals surface area contributed by atoms with Crippen LogP contribution in [0.4, 0.5) is 0 Å². The summed E-state index contributed by atoms with van der Waals surface area (Å²) < 4.78 is 0. The molecule has 0 radical (unpaired) electrons. The van der Waals surface area contributed by atoms with Crippen molar-refractivity contribution in [3.63, 3.8) is 0 Å². The lowest BCUT2D eigenvalue weighted by Gasteiger charge is -2.38. The maximum atomic E-state index is 2.48. The number of rotatable bonds is 4. The molecule has 0 aromatic carbocycles. The van der Waals surface area contributed by atoms with E-state index in [1.807, 2.05) is 0 Å². The van der Waals surface area contributed by atoms with Crippen LogP contribution in [0.5, 0.6) is 0 Å². The highest BCUT2D eigenvalue weighted by atomic mass is 15.2. The van der Waals surface area contributed by atoms with Gasteiger partial charge in [-0.1, -0.05) is 20.8 Å². The summed E-state index contributed by atoms with van der Waals surface area (Å²) in [4.78, 5) is 2.48. The summed E-state index contributed by atoms with van der Waals surface area (Å²) >= 11 is 0. The van der Waals surface area contributed by atoms with Gasteiger partial charge in [-0.25, -0.2) is 0 Å². The third-order valence-electron chi connectivity index (χ3n) is 3.57. The predicted molar refractivity (Wildman–Crippen MR) is 65.6 cm³/mol. The Morgan fingerprint density at radius 2 is 1.43 bits per heavy atom. The molecule has 0 fully saturated rings. The standard InChI is InChI=1S/C13H29N/c1-10(2)11(3)9-12(4)14(8)13(5,6)7/h10-12H,9H2,1-8H3. The second-order valence-corrected chi connectivity index (χ2v) is 6.09. The van der Waals surface area contributed by atoms with Gasteiger partial charge in [-0.2, -0.15) is 0 Å². The molecule has 0 aliphatic rings. The summed E-state index contributed by atoms with van der Waals surface area (Å²) in [6.45, 7) is 16.2. The third kappa shape index (κ3) is 4.45. The SMILES string of the molecule is CC(C)C(C)CC(C)N(C)C(C)(C)C. The predicted octanol–water partition coefficient (Wildman–Crippen LogP) is 3.79. The second-order valence-electron chi connectivity index (χ2n) is 6.09. The Bertz CT molecular complexity index is 155. The lowest BCUT2D eigenvalue weighted by molar-refractivity contribution is 0.105. The van der Waals surface area contributed by atoms with Gasteiger partial charge in [-0.3, -0.25) is 4.90 Å². The Kier molecular flexibility index (Phi) is 5.14. The molecule has 0 spiro atoms. The maximum Gasteiger partial charge on any atom is 0.0124 e. The van der Waals surface area contributed by atoms with Gasteiger partial charge < -0.3 is 0 Å². The lowest BCUT2D eigenvalue weighted by atomic mass is 9.90. The molecule has 0 amide bonds. The van der Waals surface area contributed by atoms with E-state index in [4.69, 9.17) is 0 Å². The molecule has 0 bridgehead atoms. The highest BCUT2D eigenvalue weighted by Gasteiger charge is 2.23. The molecule has 0 N–H and O–H groups in total. The quantitative estimate of drug-likeness (QED) is 0.666. The lowest BCUT2D eigenvalue weighted by Crippen LogP contribution is -2.44. The Labute approximate surface area is 90.9 Å². The Hall–Kier alpha value is -0.0400. The van der Waals surface area contributed by atoms with E-state index in [-0.39, 0.29) is 5.54 Å². The highest BCUT2D eigenvalue weighted by Crippen LogP contribution is 2.22.